The molecule has 1 saturated heterocycles. The van der Waals surface area contributed by atoms with Crippen molar-refractivity contribution in [2.75, 3.05) is 26.2 Å². The lowest BCUT2D eigenvalue weighted by atomic mass is 9.99. The number of hydrogen-bond acceptors (Lipinski definition) is 4. The van der Waals surface area contributed by atoms with Crippen molar-refractivity contribution in [2.24, 2.45) is 0 Å². The van der Waals surface area contributed by atoms with Crippen LogP contribution < -0.4 is 5.32 Å². The second-order valence-corrected chi connectivity index (χ2v) is 9.72. The Morgan fingerprint density at radius 2 is 1.70 bits per heavy atom. The van der Waals surface area contributed by atoms with Gasteiger partial charge in [-0.2, -0.15) is 4.31 Å². The summed E-state index contributed by atoms with van der Waals surface area (Å²) in [5.41, 5.74) is 1.16. The molecule has 2 fully saturated rings. The minimum absolute atomic E-state index is 0.0504. The Labute approximate surface area is 163 Å². The molecule has 1 aromatic carbocycles. The van der Waals surface area contributed by atoms with Crippen LogP contribution in [0.3, 0.4) is 0 Å². The van der Waals surface area contributed by atoms with Gasteiger partial charge in [-0.15, -0.1) is 0 Å². The van der Waals surface area contributed by atoms with Crippen LogP contribution in [-0.4, -0.2) is 61.8 Å². The fourth-order valence-electron chi connectivity index (χ4n) is 3.40. The summed E-state index contributed by atoms with van der Waals surface area (Å²) in [6.45, 7) is 8.14. The molecule has 1 N–H and O–H groups in total. The quantitative estimate of drug-likeness (QED) is 0.771. The van der Waals surface area contributed by atoms with E-state index >= 15 is 0 Å². The van der Waals surface area contributed by atoms with Crippen LogP contribution in [0.2, 0.25) is 0 Å². The highest BCUT2D eigenvalue weighted by atomic mass is 32.2. The van der Waals surface area contributed by atoms with Crippen molar-refractivity contribution >= 4 is 15.9 Å². The Kier molecular flexibility index (Phi) is 6.23. The zero-order chi connectivity index (χ0) is 19.6. The molecule has 1 aliphatic heterocycles. The van der Waals surface area contributed by atoms with Crippen LogP contribution in [-0.2, 0) is 14.8 Å². The molecular formula is C20H31N3O3S. The lowest BCUT2D eigenvalue weighted by Crippen LogP contribution is -2.55. The molecule has 7 heteroatoms. The molecule has 1 aromatic rings. The van der Waals surface area contributed by atoms with E-state index < -0.39 is 10.0 Å². The lowest BCUT2D eigenvalue weighted by molar-refractivity contribution is -0.126. The third-order valence-electron chi connectivity index (χ3n) is 5.82. The summed E-state index contributed by atoms with van der Waals surface area (Å²) in [5, 5.41) is 3.02. The van der Waals surface area contributed by atoms with Crippen molar-refractivity contribution in [3.63, 3.8) is 0 Å². The number of amides is 1. The van der Waals surface area contributed by atoms with Gasteiger partial charge >= 0.3 is 0 Å². The van der Waals surface area contributed by atoms with E-state index in [1.54, 1.807) is 12.1 Å². The average Bonchev–Trinajstić information content (AvgIpc) is 3.51. The second-order valence-electron chi connectivity index (χ2n) is 7.78. The van der Waals surface area contributed by atoms with Gasteiger partial charge in [0, 0.05) is 32.2 Å². The number of carbonyl (C=O) groups excluding carboxylic acids is 1. The van der Waals surface area contributed by atoms with Gasteiger partial charge in [0.1, 0.15) is 0 Å². The molecule has 0 spiro atoms. The van der Waals surface area contributed by atoms with Crippen LogP contribution in [0.15, 0.2) is 29.2 Å². The first-order chi connectivity index (χ1) is 12.8. The number of hydrogen-bond donors (Lipinski definition) is 1. The molecule has 2 aliphatic rings. The third-order valence-corrected chi connectivity index (χ3v) is 7.74. The highest BCUT2D eigenvalue weighted by Crippen LogP contribution is 2.23. The van der Waals surface area contributed by atoms with Crippen LogP contribution in [0.4, 0.5) is 0 Å². The SMILES string of the molecule is CC[C@@H](C)c1ccc(S(=O)(=O)N2CCN([C@H](C)C(=O)NC3CC3)CC2)cc1. The van der Waals surface area contributed by atoms with Gasteiger partial charge in [-0.25, -0.2) is 8.42 Å². The molecule has 1 saturated carbocycles. The van der Waals surface area contributed by atoms with Gasteiger partial charge < -0.3 is 5.32 Å². The number of carbonyl (C=O) groups is 1. The largest absolute Gasteiger partial charge is 0.352 e. The summed E-state index contributed by atoms with van der Waals surface area (Å²) in [6, 6.07) is 7.40. The molecule has 0 radical (unpaired) electrons. The summed E-state index contributed by atoms with van der Waals surface area (Å²) >= 11 is 0. The van der Waals surface area contributed by atoms with E-state index in [0.717, 1.165) is 24.8 Å². The maximum Gasteiger partial charge on any atom is 0.243 e. The van der Waals surface area contributed by atoms with Gasteiger partial charge in [-0.05, 0) is 49.8 Å². The number of piperazine rings is 1. The molecule has 27 heavy (non-hydrogen) atoms. The van der Waals surface area contributed by atoms with Crippen molar-refractivity contribution in [2.45, 2.75) is 62.9 Å². The third kappa shape index (κ3) is 4.70. The smallest absolute Gasteiger partial charge is 0.243 e. The number of nitrogens with zero attached hydrogens (tertiary/aromatic N) is 2. The summed E-state index contributed by atoms with van der Waals surface area (Å²) in [4.78, 5) is 14.6. The molecule has 150 valence electrons. The zero-order valence-electron chi connectivity index (χ0n) is 16.5. The number of sulfonamides is 1. The van der Waals surface area contributed by atoms with Gasteiger partial charge in [-0.3, -0.25) is 9.69 Å². The molecular weight excluding hydrogens is 362 g/mol. The van der Waals surface area contributed by atoms with Crippen molar-refractivity contribution in [1.82, 2.24) is 14.5 Å². The fourth-order valence-corrected chi connectivity index (χ4v) is 4.82. The van der Waals surface area contributed by atoms with Crippen molar-refractivity contribution in [1.29, 1.82) is 0 Å². The second kappa shape index (κ2) is 8.29. The van der Waals surface area contributed by atoms with Crippen LogP contribution in [0.25, 0.3) is 0 Å². The van der Waals surface area contributed by atoms with Gasteiger partial charge in [-0.1, -0.05) is 26.0 Å². The summed E-state index contributed by atoms with van der Waals surface area (Å²) in [7, 11) is -3.48. The van der Waals surface area contributed by atoms with E-state index in [4.69, 9.17) is 0 Å². The standard InChI is InChI=1S/C20H31N3O3S/c1-4-15(2)17-5-9-19(10-6-17)27(25,26)23-13-11-22(12-14-23)16(3)20(24)21-18-7-8-18/h5-6,9-10,15-16,18H,4,7-8,11-14H2,1-3H3,(H,21,24)/t15-,16-/m1/s1. The van der Waals surface area contributed by atoms with Gasteiger partial charge in [0.15, 0.2) is 0 Å². The molecule has 1 aliphatic carbocycles. The predicted octanol–water partition coefficient (Wildman–Crippen LogP) is 2.17. The van der Waals surface area contributed by atoms with Gasteiger partial charge in [0.25, 0.3) is 0 Å². The highest BCUT2D eigenvalue weighted by Gasteiger charge is 2.33. The van der Waals surface area contributed by atoms with Crippen molar-refractivity contribution in [3.05, 3.63) is 29.8 Å². The van der Waals surface area contributed by atoms with E-state index in [1.165, 1.54) is 4.31 Å². The average molecular weight is 394 g/mol. The molecule has 3 rings (SSSR count). The van der Waals surface area contributed by atoms with Crippen LogP contribution in [0.1, 0.15) is 51.5 Å². The molecule has 1 amide bonds. The molecule has 0 bridgehead atoms. The predicted molar refractivity (Wildman–Crippen MR) is 106 cm³/mol. The number of benzene rings is 1. The Bertz CT molecular complexity index is 751. The Hall–Kier alpha value is -1.44. The minimum Gasteiger partial charge on any atom is -0.352 e. The summed E-state index contributed by atoms with van der Waals surface area (Å²) < 4.78 is 27.4. The van der Waals surface area contributed by atoms with E-state index in [2.05, 4.69) is 24.1 Å². The first-order valence-corrected chi connectivity index (χ1v) is 11.4. The number of rotatable bonds is 7. The van der Waals surface area contributed by atoms with E-state index in [0.29, 0.717) is 43.0 Å². The lowest BCUT2D eigenvalue weighted by Gasteiger charge is -2.36. The maximum absolute atomic E-state index is 12.9. The Morgan fingerprint density at radius 3 is 2.22 bits per heavy atom. The number of nitrogens with one attached hydrogen (secondary N) is 1. The van der Waals surface area contributed by atoms with E-state index in [1.807, 2.05) is 19.1 Å². The van der Waals surface area contributed by atoms with Gasteiger partial charge in [0.05, 0.1) is 10.9 Å². The van der Waals surface area contributed by atoms with Crippen LogP contribution in [0.5, 0.6) is 0 Å². The fraction of sp³-hybridized carbons (Fsp3) is 0.650. The topological polar surface area (TPSA) is 69.7 Å². The highest BCUT2D eigenvalue weighted by molar-refractivity contribution is 7.89. The molecule has 0 unspecified atom stereocenters. The van der Waals surface area contributed by atoms with E-state index in [-0.39, 0.29) is 11.9 Å². The van der Waals surface area contributed by atoms with Crippen LogP contribution in [0, 0.1) is 0 Å². The van der Waals surface area contributed by atoms with Gasteiger partial charge in [0.2, 0.25) is 15.9 Å². The van der Waals surface area contributed by atoms with Crippen LogP contribution >= 0.6 is 0 Å². The Balaban J connectivity index is 1.59. The van der Waals surface area contributed by atoms with Crippen molar-refractivity contribution in [3.8, 4) is 0 Å². The monoisotopic (exact) mass is 393 g/mol. The van der Waals surface area contributed by atoms with Crippen molar-refractivity contribution < 1.29 is 13.2 Å². The summed E-state index contributed by atoms with van der Waals surface area (Å²) in [6.07, 6.45) is 3.17. The molecule has 2 atom stereocenters. The van der Waals surface area contributed by atoms with E-state index in [9.17, 15) is 13.2 Å². The zero-order valence-corrected chi connectivity index (χ0v) is 17.3. The molecule has 0 aromatic heterocycles. The first kappa shape index (κ1) is 20.3. The molecule has 6 nitrogen and oxygen atoms in total. The normalized spacial score (nSPS) is 21.6. The maximum atomic E-state index is 12.9. The summed E-state index contributed by atoms with van der Waals surface area (Å²) in [5.74, 6) is 0.475. The first-order valence-electron chi connectivity index (χ1n) is 9.97. The minimum atomic E-state index is -3.48. The Morgan fingerprint density at radius 1 is 1.11 bits per heavy atom. The molecule has 1 heterocycles.